The lowest BCUT2D eigenvalue weighted by molar-refractivity contribution is -0.384. The Morgan fingerprint density at radius 3 is 2.71 bits per heavy atom. The summed E-state index contributed by atoms with van der Waals surface area (Å²) in [5.74, 6) is -0.698. The zero-order valence-corrected chi connectivity index (χ0v) is 12.8. The summed E-state index contributed by atoms with van der Waals surface area (Å²) in [7, 11) is 0. The molecule has 0 heterocycles. The Morgan fingerprint density at radius 2 is 2.05 bits per heavy atom. The largest absolute Gasteiger partial charge is 0.325 e. The van der Waals surface area contributed by atoms with Gasteiger partial charge in [0.05, 0.1) is 17.0 Å². The number of nitro groups is 1. The van der Waals surface area contributed by atoms with Crippen molar-refractivity contribution < 1.29 is 14.1 Å². The number of amides is 1. The van der Waals surface area contributed by atoms with Crippen molar-refractivity contribution in [2.24, 2.45) is 0 Å². The SMILES string of the molecule is O=C(Cc1cccc([N+](=O)[O-])c1)Nc1ccc(F)cc1I. The first-order chi connectivity index (χ1) is 9.95. The van der Waals surface area contributed by atoms with E-state index in [0.717, 1.165) is 0 Å². The van der Waals surface area contributed by atoms with Crippen LogP contribution in [0.25, 0.3) is 0 Å². The molecule has 0 saturated heterocycles. The summed E-state index contributed by atoms with van der Waals surface area (Å²) in [6, 6.07) is 9.93. The third kappa shape index (κ3) is 4.22. The number of rotatable bonds is 4. The summed E-state index contributed by atoms with van der Waals surface area (Å²) in [5, 5.41) is 13.3. The van der Waals surface area contributed by atoms with Gasteiger partial charge in [0.2, 0.25) is 5.91 Å². The van der Waals surface area contributed by atoms with E-state index in [1.165, 1.54) is 36.4 Å². The van der Waals surface area contributed by atoms with Crippen molar-refractivity contribution in [3.8, 4) is 0 Å². The van der Waals surface area contributed by atoms with Crippen molar-refractivity contribution in [1.29, 1.82) is 0 Å². The molecule has 0 aliphatic rings. The van der Waals surface area contributed by atoms with Crippen molar-refractivity contribution >= 4 is 39.9 Å². The second-order valence-electron chi connectivity index (χ2n) is 4.28. The van der Waals surface area contributed by atoms with Crippen LogP contribution in [0.5, 0.6) is 0 Å². The molecule has 0 saturated carbocycles. The Morgan fingerprint density at radius 1 is 1.29 bits per heavy atom. The first-order valence-corrected chi connectivity index (χ1v) is 7.02. The number of benzene rings is 2. The second-order valence-corrected chi connectivity index (χ2v) is 5.44. The summed E-state index contributed by atoms with van der Waals surface area (Å²) < 4.78 is 13.6. The number of non-ortho nitro benzene ring substituents is 1. The highest BCUT2D eigenvalue weighted by atomic mass is 127. The van der Waals surface area contributed by atoms with Gasteiger partial charge in [0.15, 0.2) is 0 Å². The molecule has 108 valence electrons. The fraction of sp³-hybridized carbons (Fsp3) is 0.0714. The number of carbonyl (C=O) groups excluding carboxylic acids is 1. The molecule has 2 rings (SSSR count). The highest BCUT2D eigenvalue weighted by Crippen LogP contribution is 2.20. The van der Waals surface area contributed by atoms with Crippen LogP contribution in [0.2, 0.25) is 0 Å². The fourth-order valence-electron chi connectivity index (χ4n) is 1.75. The maximum absolute atomic E-state index is 13.0. The van der Waals surface area contributed by atoms with Crippen LogP contribution < -0.4 is 5.32 Å². The van der Waals surface area contributed by atoms with Crippen LogP contribution in [-0.4, -0.2) is 10.8 Å². The first-order valence-electron chi connectivity index (χ1n) is 5.94. The van der Waals surface area contributed by atoms with E-state index in [-0.39, 0.29) is 23.8 Å². The molecular weight excluding hydrogens is 390 g/mol. The van der Waals surface area contributed by atoms with E-state index in [1.807, 2.05) is 22.6 Å². The summed E-state index contributed by atoms with van der Waals surface area (Å²) in [5.41, 5.74) is 0.989. The van der Waals surface area contributed by atoms with Crippen LogP contribution in [0.1, 0.15) is 5.56 Å². The molecule has 0 aromatic heterocycles. The molecule has 0 radical (unpaired) electrons. The molecule has 21 heavy (non-hydrogen) atoms. The molecule has 0 spiro atoms. The van der Waals surface area contributed by atoms with Crippen LogP contribution in [0.3, 0.4) is 0 Å². The quantitative estimate of drug-likeness (QED) is 0.485. The Labute approximate surface area is 133 Å². The molecule has 5 nitrogen and oxygen atoms in total. The minimum atomic E-state index is -0.510. The molecule has 2 aromatic carbocycles. The van der Waals surface area contributed by atoms with Gasteiger partial charge < -0.3 is 5.32 Å². The fourth-order valence-corrected chi connectivity index (χ4v) is 2.36. The Balaban J connectivity index is 2.08. The van der Waals surface area contributed by atoms with Gasteiger partial charge in [0.25, 0.3) is 5.69 Å². The van der Waals surface area contributed by atoms with E-state index in [4.69, 9.17) is 0 Å². The van der Waals surface area contributed by atoms with Gasteiger partial charge in [-0.2, -0.15) is 0 Å². The van der Waals surface area contributed by atoms with Gasteiger partial charge in [0, 0.05) is 15.7 Å². The lowest BCUT2D eigenvalue weighted by atomic mass is 10.1. The minimum absolute atomic E-state index is 0.00906. The van der Waals surface area contributed by atoms with E-state index in [9.17, 15) is 19.3 Å². The van der Waals surface area contributed by atoms with Crippen molar-refractivity contribution in [2.45, 2.75) is 6.42 Å². The summed E-state index contributed by atoms with van der Waals surface area (Å²) in [6.07, 6.45) is 0.00906. The normalized spacial score (nSPS) is 10.2. The number of nitrogens with one attached hydrogen (secondary N) is 1. The van der Waals surface area contributed by atoms with E-state index in [2.05, 4.69) is 5.32 Å². The van der Waals surface area contributed by atoms with Crippen LogP contribution in [0.15, 0.2) is 42.5 Å². The number of nitro benzene ring substituents is 1. The first kappa shape index (κ1) is 15.4. The van der Waals surface area contributed by atoms with Crippen LogP contribution in [0, 0.1) is 19.5 Å². The van der Waals surface area contributed by atoms with Gasteiger partial charge >= 0.3 is 0 Å². The number of nitrogens with zero attached hydrogens (tertiary/aromatic N) is 1. The van der Waals surface area contributed by atoms with Crippen LogP contribution in [0.4, 0.5) is 15.8 Å². The van der Waals surface area contributed by atoms with Gasteiger partial charge in [-0.25, -0.2) is 4.39 Å². The maximum Gasteiger partial charge on any atom is 0.269 e. The molecule has 1 N–H and O–H groups in total. The smallest absolute Gasteiger partial charge is 0.269 e. The van der Waals surface area contributed by atoms with E-state index >= 15 is 0 Å². The highest BCUT2D eigenvalue weighted by Gasteiger charge is 2.10. The minimum Gasteiger partial charge on any atom is -0.325 e. The number of hydrogen-bond acceptors (Lipinski definition) is 3. The average molecular weight is 400 g/mol. The number of anilines is 1. The third-order valence-electron chi connectivity index (χ3n) is 2.69. The Kier molecular flexibility index (Phi) is 4.84. The summed E-state index contributed by atoms with van der Waals surface area (Å²) in [4.78, 5) is 22.1. The summed E-state index contributed by atoms with van der Waals surface area (Å²) in [6.45, 7) is 0. The topological polar surface area (TPSA) is 72.2 Å². The molecule has 0 atom stereocenters. The average Bonchev–Trinajstić information content (AvgIpc) is 2.42. The molecule has 2 aromatic rings. The van der Waals surface area contributed by atoms with Gasteiger partial charge in [-0.1, -0.05) is 12.1 Å². The molecular formula is C14H10FIN2O3. The number of halogens is 2. The zero-order valence-electron chi connectivity index (χ0n) is 10.7. The van der Waals surface area contributed by atoms with Crippen LogP contribution in [-0.2, 0) is 11.2 Å². The van der Waals surface area contributed by atoms with Crippen LogP contribution >= 0.6 is 22.6 Å². The van der Waals surface area contributed by atoms with E-state index < -0.39 is 4.92 Å². The van der Waals surface area contributed by atoms with Gasteiger partial charge in [-0.15, -0.1) is 0 Å². The van der Waals surface area contributed by atoms with Gasteiger partial charge in [-0.3, -0.25) is 14.9 Å². The van der Waals surface area contributed by atoms with Gasteiger partial charge in [-0.05, 0) is 46.4 Å². The highest BCUT2D eigenvalue weighted by molar-refractivity contribution is 14.1. The second kappa shape index (κ2) is 6.61. The summed E-state index contributed by atoms with van der Waals surface area (Å²) >= 11 is 1.92. The lowest BCUT2D eigenvalue weighted by Crippen LogP contribution is -2.15. The van der Waals surface area contributed by atoms with Crippen molar-refractivity contribution in [3.63, 3.8) is 0 Å². The predicted octanol–water partition coefficient (Wildman–Crippen LogP) is 3.52. The van der Waals surface area contributed by atoms with Crippen molar-refractivity contribution in [1.82, 2.24) is 0 Å². The monoisotopic (exact) mass is 400 g/mol. The Hall–Kier alpha value is -2.03. The Bertz CT molecular complexity index is 706. The standard InChI is InChI=1S/C14H10FIN2O3/c15-10-4-5-13(12(16)8-10)17-14(19)7-9-2-1-3-11(6-9)18(20)21/h1-6,8H,7H2,(H,17,19). The van der Waals surface area contributed by atoms with Crippen molar-refractivity contribution in [3.05, 3.63) is 67.5 Å². The predicted molar refractivity (Wildman–Crippen MR) is 84.5 cm³/mol. The van der Waals surface area contributed by atoms with Gasteiger partial charge in [0.1, 0.15) is 5.82 Å². The molecule has 0 unspecified atom stereocenters. The number of carbonyl (C=O) groups is 1. The molecule has 0 aliphatic carbocycles. The molecule has 0 bridgehead atoms. The molecule has 0 aliphatic heterocycles. The maximum atomic E-state index is 13.0. The van der Waals surface area contributed by atoms with E-state index in [0.29, 0.717) is 14.8 Å². The lowest BCUT2D eigenvalue weighted by Gasteiger charge is -2.07. The van der Waals surface area contributed by atoms with Crippen molar-refractivity contribution in [2.75, 3.05) is 5.32 Å². The molecule has 1 amide bonds. The van der Waals surface area contributed by atoms with E-state index in [1.54, 1.807) is 6.07 Å². The zero-order chi connectivity index (χ0) is 15.4. The molecule has 0 fully saturated rings. The third-order valence-corrected chi connectivity index (χ3v) is 3.58. The number of hydrogen-bond donors (Lipinski definition) is 1. The molecule has 7 heteroatoms.